The van der Waals surface area contributed by atoms with Gasteiger partial charge in [0.15, 0.2) is 5.82 Å². The van der Waals surface area contributed by atoms with E-state index in [1.165, 1.54) is 4.57 Å². The van der Waals surface area contributed by atoms with Crippen molar-refractivity contribution in [3.8, 4) is 22.4 Å². The van der Waals surface area contributed by atoms with Crippen molar-refractivity contribution in [1.82, 2.24) is 14.8 Å². The summed E-state index contributed by atoms with van der Waals surface area (Å²) >= 11 is 6.03. The van der Waals surface area contributed by atoms with Gasteiger partial charge in [-0.1, -0.05) is 23.7 Å². The normalized spacial score (nSPS) is 10.8. The van der Waals surface area contributed by atoms with E-state index in [9.17, 15) is 4.79 Å². The first-order chi connectivity index (χ1) is 10.1. The number of nitrogens with zero attached hydrogens (tertiary/aromatic N) is 2. The molecule has 5 nitrogen and oxygen atoms in total. The molecule has 21 heavy (non-hydrogen) atoms. The average molecular weight is 301 g/mol. The van der Waals surface area contributed by atoms with Gasteiger partial charge in [-0.3, -0.25) is 9.89 Å². The van der Waals surface area contributed by atoms with Crippen molar-refractivity contribution in [2.24, 2.45) is 7.05 Å². The fourth-order valence-corrected chi connectivity index (χ4v) is 2.40. The maximum atomic E-state index is 11.8. The monoisotopic (exact) mass is 300 g/mol. The second-order valence-electron chi connectivity index (χ2n) is 4.73. The van der Waals surface area contributed by atoms with Crippen LogP contribution < -0.4 is 11.3 Å². The van der Waals surface area contributed by atoms with Crippen LogP contribution in [-0.2, 0) is 7.05 Å². The van der Waals surface area contributed by atoms with Crippen LogP contribution in [0.25, 0.3) is 22.4 Å². The van der Waals surface area contributed by atoms with E-state index >= 15 is 0 Å². The smallest absolute Gasteiger partial charge is 0.250 e. The SMILES string of the molecule is Cn1ccc(-c2[nH]nc(N)c2-c2cccc(Cl)c2)cc1=O. The van der Waals surface area contributed by atoms with Crippen molar-refractivity contribution < 1.29 is 0 Å². The molecule has 0 saturated heterocycles. The highest BCUT2D eigenvalue weighted by molar-refractivity contribution is 6.30. The van der Waals surface area contributed by atoms with E-state index in [0.29, 0.717) is 16.5 Å². The highest BCUT2D eigenvalue weighted by atomic mass is 35.5. The Labute approximate surface area is 126 Å². The molecular formula is C15H13ClN4O. The summed E-state index contributed by atoms with van der Waals surface area (Å²) in [5, 5.41) is 7.55. The summed E-state index contributed by atoms with van der Waals surface area (Å²) in [5.74, 6) is 0.368. The summed E-state index contributed by atoms with van der Waals surface area (Å²) in [6, 6.07) is 10.7. The number of anilines is 1. The molecule has 0 aliphatic heterocycles. The Morgan fingerprint density at radius 3 is 2.76 bits per heavy atom. The molecule has 106 valence electrons. The van der Waals surface area contributed by atoms with Crippen molar-refractivity contribution in [3.05, 3.63) is 58.0 Å². The molecule has 0 aliphatic carbocycles. The van der Waals surface area contributed by atoms with Gasteiger partial charge in [-0.2, -0.15) is 5.10 Å². The Kier molecular flexibility index (Phi) is 3.27. The van der Waals surface area contributed by atoms with Gasteiger partial charge in [-0.05, 0) is 23.8 Å². The predicted octanol–water partition coefficient (Wildman–Crippen LogP) is 2.68. The second-order valence-corrected chi connectivity index (χ2v) is 5.17. The lowest BCUT2D eigenvalue weighted by Gasteiger charge is -2.06. The summed E-state index contributed by atoms with van der Waals surface area (Å²) < 4.78 is 1.50. The van der Waals surface area contributed by atoms with Gasteiger partial charge in [0, 0.05) is 29.9 Å². The molecule has 0 fully saturated rings. The largest absolute Gasteiger partial charge is 0.382 e. The third kappa shape index (κ3) is 2.43. The van der Waals surface area contributed by atoms with Crippen LogP contribution in [0.4, 0.5) is 5.82 Å². The van der Waals surface area contributed by atoms with Crippen LogP contribution in [0.1, 0.15) is 0 Å². The Morgan fingerprint density at radius 2 is 2.05 bits per heavy atom. The fourth-order valence-electron chi connectivity index (χ4n) is 2.21. The maximum absolute atomic E-state index is 11.8. The van der Waals surface area contributed by atoms with Gasteiger partial charge >= 0.3 is 0 Å². The number of hydrogen-bond donors (Lipinski definition) is 2. The third-order valence-electron chi connectivity index (χ3n) is 3.30. The molecule has 3 N–H and O–H groups in total. The van der Waals surface area contributed by atoms with Gasteiger partial charge in [0.1, 0.15) is 0 Å². The molecule has 2 aromatic heterocycles. The minimum absolute atomic E-state index is 0.0993. The van der Waals surface area contributed by atoms with Crippen LogP contribution in [-0.4, -0.2) is 14.8 Å². The van der Waals surface area contributed by atoms with Crippen LogP contribution in [0.5, 0.6) is 0 Å². The lowest BCUT2D eigenvalue weighted by atomic mass is 10.0. The Morgan fingerprint density at radius 1 is 1.24 bits per heavy atom. The minimum atomic E-state index is -0.0993. The maximum Gasteiger partial charge on any atom is 0.250 e. The van der Waals surface area contributed by atoms with E-state index in [2.05, 4.69) is 10.2 Å². The number of aromatic amines is 1. The van der Waals surface area contributed by atoms with Crippen molar-refractivity contribution >= 4 is 17.4 Å². The van der Waals surface area contributed by atoms with E-state index < -0.39 is 0 Å². The molecule has 0 saturated carbocycles. The van der Waals surface area contributed by atoms with Gasteiger partial charge in [0.2, 0.25) is 0 Å². The van der Waals surface area contributed by atoms with E-state index in [1.807, 2.05) is 24.3 Å². The molecule has 6 heteroatoms. The van der Waals surface area contributed by atoms with Crippen LogP contribution in [0.2, 0.25) is 5.02 Å². The molecule has 3 rings (SSSR count). The predicted molar refractivity (Wildman–Crippen MR) is 84.1 cm³/mol. The van der Waals surface area contributed by atoms with Gasteiger partial charge in [-0.25, -0.2) is 0 Å². The number of pyridine rings is 1. The Bertz CT molecular complexity index is 866. The Balaban J connectivity index is 2.21. The third-order valence-corrected chi connectivity index (χ3v) is 3.54. The summed E-state index contributed by atoms with van der Waals surface area (Å²) in [6.45, 7) is 0. The van der Waals surface area contributed by atoms with Crippen LogP contribution in [0.3, 0.4) is 0 Å². The summed E-state index contributed by atoms with van der Waals surface area (Å²) in [6.07, 6.45) is 1.70. The number of nitrogen functional groups attached to an aromatic ring is 1. The quantitative estimate of drug-likeness (QED) is 0.764. The molecule has 0 spiro atoms. The molecule has 1 aromatic carbocycles. The molecular weight excluding hydrogens is 288 g/mol. The van der Waals surface area contributed by atoms with Crippen LogP contribution in [0, 0.1) is 0 Å². The number of nitrogens with two attached hydrogens (primary N) is 1. The topological polar surface area (TPSA) is 76.7 Å². The van der Waals surface area contributed by atoms with Crippen LogP contribution in [0.15, 0.2) is 47.4 Å². The zero-order chi connectivity index (χ0) is 15.0. The number of aromatic nitrogens is 3. The van der Waals surface area contributed by atoms with Crippen LogP contribution >= 0.6 is 11.6 Å². The van der Waals surface area contributed by atoms with E-state index in [-0.39, 0.29) is 5.56 Å². The van der Waals surface area contributed by atoms with E-state index in [0.717, 1.165) is 16.7 Å². The van der Waals surface area contributed by atoms with Crippen molar-refractivity contribution in [2.45, 2.75) is 0 Å². The lowest BCUT2D eigenvalue weighted by molar-refractivity contribution is 0.861. The highest BCUT2D eigenvalue weighted by Gasteiger charge is 2.15. The van der Waals surface area contributed by atoms with Gasteiger partial charge in [0.05, 0.1) is 11.3 Å². The van der Waals surface area contributed by atoms with Gasteiger partial charge in [0.25, 0.3) is 5.56 Å². The second kappa shape index (κ2) is 5.10. The Hall–Kier alpha value is -2.53. The summed E-state index contributed by atoms with van der Waals surface area (Å²) in [4.78, 5) is 11.8. The summed E-state index contributed by atoms with van der Waals surface area (Å²) in [7, 11) is 1.70. The van der Waals surface area contributed by atoms with Gasteiger partial charge in [-0.15, -0.1) is 0 Å². The molecule has 0 aliphatic rings. The zero-order valence-corrected chi connectivity index (χ0v) is 12.1. The number of nitrogens with one attached hydrogen (secondary N) is 1. The molecule has 0 unspecified atom stereocenters. The van der Waals surface area contributed by atoms with Crippen molar-refractivity contribution in [1.29, 1.82) is 0 Å². The molecule has 0 amide bonds. The average Bonchev–Trinajstić information content (AvgIpc) is 2.84. The molecule has 0 radical (unpaired) electrons. The number of aryl methyl sites for hydroxylation is 1. The molecule has 0 atom stereocenters. The highest BCUT2D eigenvalue weighted by Crippen LogP contribution is 2.35. The number of halogens is 1. The minimum Gasteiger partial charge on any atom is -0.382 e. The van der Waals surface area contributed by atoms with Crippen molar-refractivity contribution in [3.63, 3.8) is 0 Å². The lowest BCUT2D eigenvalue weighted by Crippen LogP contribution is -2.14. The number of H-pyrrole nitrogens is 1. The molecule has 2 heterocycles. The number of benzene rings is 1. The fraction of sp³-hybridized carbons (Fsp3) is 0.0667. The number of rotatable bonds is 2. The number of hydrogen-bond acceptors (Lipinski definition) is 3. The molecule has 3 aromatic rings. The first kappa shape index (κ1) is 13.5. The molecule has 0 bridgehead atoms. The zero-order valence-electron chi connectivity index (χ0n) is 11.3. The summed E-state index contributed by atoms with van der Waals surface area (Å²) in [5.41, 5.74) is 8.89. The van der Waals surface area contributed by atoms with Crippen molar-refractivity contribution in [2.75, 3.05) is 5.73 Å². The first-order valence-electron chi connectivity index (χ1n) is 6.33. The van der Waals surface area contributed by atoms with E-state index in [4.69, 9.17) is 17.3 Å². The van der Waals surface area contributed by atoms with Gasteiger partial charge < -0.3 is 10.3 Å². The standard InChI is InChI=1S/C15H13ClN4O/c1-20-6-5-10(8-12(20)21)14-13(15(17)19-18-14)9-3-2-4-11(16)7-9/h2-8H,1H3,(H3,17,18,19). The first-order valence-corrected chi connectivity index (χ1v) is 6.71. The van der Waals surface area contributed by atoms with E-state index in [1.54, 1.807) is 25.4 Å².